The number of fused-ring (bicyclic) bond motifs is 1. The number of nitrogens with one attached hydrogen (secondary N) is 3. The van der Waals surface area contributed by atoms with E-state index >= 15 is 4.79 Å². The fourth-order valence-corrected chi connectivity index (χ4v) is 10.6. The molecule has 0 aromatic heterocycles. The number of methoxy groups -OCH3 is 2. The zero-order valence-electron chi connectivity index (χ0n) is 49.8. The van der Waals surface area contributed by atoms with Gasteiger partial charge in [-0.2, -0.15) is 0 Å². The third kappa shape index (κ3) is 17.0. The Labute approximate surface area is 472 Å². The van der Waals surface area contributed by atoms with Crippen molar-refractivity contribution in [3.8, 4) is 5.75 Å². The van der Waals surface area contributed by atoms with Gasteiger partial charge < -0.3 is 59.6 Å². The van der Waals surface area contributed by atoms with E-state index in [1.54, 1.807) is 58.9 Å². The Hall–Kier alpha value is -6.16. The molecule has 0 saturated carbocycles. The average molecular weight is 1130 g/mol. The Balaban J connectivity index is 1.89. The molecule has 0 radical (unpaired) electrons. The van der Waals surface area contributed by atoms with Crippen LogP contribution in [0, 0.1) is 29.6 Å². The lowest BCUT2D eigenvalue weighted by atomic mass is 9.91. The van der Waals surface area contributed by atoms with Crippen molar-refractivity contribution in [1.29, 1.82) is 0 Å². The number of cyclic esters (lactones) is 2. The van der Waals surface area contributed by atoms with Crippen molar-refractivity contribution < 1.29 is 72.0 Å². The van der Waals surface area contributed by atoms with E-state index in [1.165, 1.54) is 61.8 Å². The number of ketones is 1. The second-order valence-corrected chi connectivity index (χ2v) is 23.2. The van der Waals surface area contributed by atoms with Gasteiger partial charge in [-0.15, -0.1) is 0 Å². The maximum absolute atomic E-state index is 15.0. The van der Waals surface area contributed by atoms with Crippen LogP contribution in [0.4, 0.5) is 0 Å². The summed E-state index contributed by atoms with van der Waals surface area (Å²) in [4.78, 5) is 149. The molecule has 4 N–H and O–H groups in total. The first-order valence-corrected chi connectivity index (χ1v) is 28.4. The first-order chi connectivity index (χ1) is 37.6. The molecular formula is C58H91N7O15. The van der Waals surface area contributed by atoms with Crippen LogP contribution in [0.5, 0.6) is 5.75 Å². The SMILES string of the molecule is CC[C@@H](C)[C@@H]1NC(=O)[C@H](NC(=O)[C@H](CC(C)C)N(C)C(=O)C2CCCN2C(=O)[C@@H](C)OC)[C@H](C)OC(=O)[C@@H](Cc2ccc(OC)cc2)N(C)C(=O)[C@H]2CCCN2C(=O)C(CC(C)C)NC(=O)[C@H](C)C(=O)[C@@H](C(C)C)OC(=O)C[C@H]1O. The van der Waals surface area contributed by atoms with Gasteiger partial charge in [0.15, 0.2) is 11.9 Å². The van der Waals surface area contributed by atoms with Crippen molar-refractivity contribution in [1.82, 2.24) is 35.6 Å². The molecule has 3 heterocycles. The zero-order chi connectivity index (χ0) is 60.0. The van der Waals surface area contributed by atoms with Gasteiger partial charge in [0.1, 0.15) is 54.2 Å². The quantitative estimate of drug-likeness (QED) is 0.137. The predicted molar refractivity (Wildman–Crippen MR) is 295 cm³/mol. The van der Waals surface area contributed by atoms with E-state index in [9.17, 15) is 48.3 Å². The summed E-state index contributed by atoms with van der Waals surface area (Å²) in [5, 5.41) is 20.2. The van der Waals surface area contributed by atoms with Gasteiger partial charge >= 0.3 is 11.9 Å². The molecule has 3 saturated heterocycles. The highest BCUT2D eigenvalue weighted by molar-refractivity contribution is 6.05. The largest absolute Gasteiger partial charge is 0.497 e. The molecule has 80 heavy (non-hydrogen) atoms. The molecule has 13 atom stereocenters. The van der Waals surface area contributed by atoms with Crippen molar-refractivity contribution in [3.63, 3.8) is 0 Å². The van der Waals surface area contributed by atoms with Crippen molar-refractivity contribution >= 4 is 59.1 Å². The highest BCUT2D eigenvalue weighted by Gasteiger charge is 2.46. The van der Waals surface area contributed by atoms with E-state index in [4.69, 9.17) is 18.9 Å². The summed E-state index contributed by atoms with van der Waals surface area (Å²) < 4.78 is 22.5. The molecule has 1 aromatic rings. The number of carbonyl (C=O) groups excluding carboxylic acids is 10. The molecular weight excluding hydrogens is 1030 g/mol. The number of ether oxygens (including phenoxy) is 4. The van der Waals surface area contributed by atoms with E-state index < -0.39 is 144 Å². The molecule has 3 aliphatic heterocycles. The molecule has 3 aliphatic rings. The van der Waals surface area contributed by atoms with Gasteiger partial charge in [0, 0.05) is 40.7 Å². The van der Waals surface area contributed by atoms with E-state index in [0.717, 1.165) is 0 Å². The lowest BCUT2D eigenvalue weighted by molar-refractivity contribution is -0.163. The molecule has 2 unspecified atom stereocenters. The normalized spacial score (nSPS) is 27.5. The van der Waals surface area contributed by atoms with Gasteiger partial charge in [-0.05, 0) is 101 Å². The predicted octanol–water partition coefficient (Wildman–Crippen LogP) is 2.97. The van der Waals surface area contributed by atoms with Crippen LogP contribution in [-0.4, -0.2) is 192 Å². The minimum Gasteiger partial charge on any atom is -0.497 e. The monoisotopic (exact) mass is 1130 g/mol. The number of carbonyl (C=O) groups is 10. The van der Waals surface area contributed by atoms with Gasteiger partial charge in [0.25, 0.3) is 5.91 Å². The number of likely N-dealkylation sites (tertiary alicyclic amines) is 1. The van der Waals surface area contributed by atoms with Gasteiger partial charge in [0.05, 0.1) is 31.6 Å². The third-order valence-electron chi connectivity index (χ3n) is 15.8. The molecule has 4 rings (SSSR count). The van der Waals surface area contributed by atoms with Crippen LogP contribution in [0.3, 0.4) is 0 Å². The lowest BCUT2D eigenvalue weighted by Gasteiger charge is -2.36. The number of aliphatic hydroxyl groups excluding tert-OH is 1. The van der Waals surface area contributed by atoms with Gasteiger partial charge in [-0.25, -0.2) is 4.79 Å². The summed E-state index contributed by atoms with van der Waals surface area (Å²) >= 11 is 0. The Morgan fingerprint density at radius 1 is 0.850 bits per heavy atom. The third-order valence-corrected chi connectivity index (χ3v) is 15.8. The number of amides is 7. The van der Waals surface area contributed by atoms with Crippen molar-refractivity contribution in [2.75, 3.05) is 41.4 Å². The Morgan fingerprint density at radius 2 is 1.49 bits per heavy atom. The summed E-state index contributed by atoms with van der Waals surface area (Å²) in [6.45, 7) is 18.9. The van der Waals surface area contributed by atoms with Crippen LogP contribution < -0.4 is 20.7 Å². The molecule has 1 aromatic carbocycles. The fraction of sp³-hybridized carbons (Fsp3) is 0.724. The number of esters is 2. The number of hydrogen-bond donors (Lipinski definition) is 4. The van der Waals surface area contributed by atoms with Crippen LogP contribution in [0.15, 0.2) is 24.3 Å². The summed E-state index contributed by atoms with van der Waals surface area (Å²) in [5.74, 6) is -9.81. The summed E-state index contributed by atoms with van der Waals surface area (Å²) in [6.07, 6.45) is -4.23. The molecule has 0 bridgehead atoms. The molecule has 448 valence electrons. The highest BCUT2D eigenvalue weighted by atomic mass is 16.6. The molecule has 0 aliphatic carbocycles. The van der Waals surface area contributed by atoms with Crippen LogP contribution in [0.1, 0.15) is 133 Å². The molecule has 7 amide bonds. The molecule has 0 spiro atoms. The summed E-state index contributed by atoms with van der Waals surface area (Å²) in [5.41, 5.74) is 0.579. The number of Topliss-reactive ketones (excluding diaryl/α,β-unsaturated/α-hetero) is 1. The smallest absolute Gasteiger partial charge is 0.329 e. The van der Waals surface area contributed by atoms with E-state index in [1.807, 2.05) is 27.7 Å². The molecule has 3 fully saturated rings. The maximum atomic E-state index is 15.0. The Morgan fingerprint density at radius 3 is 2.06 bits per heavy atom. The van der Waals surface area contributed by atoms with Gasteiger partial charge in [-0.1, -0.05) is 73.9 Å². The van der Waals surface area contributed by atoms with Crippen molar-refractivity contribution in [2.45, 2.75) is 201 Å². The topological polar surface area (TPSA) is 277 Å². The molecule has 22 nitrogen and oxygen atoms in total. The standard InChI is InChI=1S/C58H91N7O15/c1-16-34(8)47-45(66)30-46(67)80-50(33(6)7)49(68)35(9)51(69)59-40(27-31(2)3)55(73)65-26-18-20-42(65)57(75)63(13)44(29-38-21-23-39(78-15)24-22-38)58(76)79-36(10)48(53(71)60-47)61-52(70)43(28-32(4)5)62(12)56(74)41-19-17-25-64(41)54(72)37(11)77-14/h21-24,31-37,40-45,47-48,50,66H,16-20,25-30H2,1-15H3,(H,59,69)(H,60,71)(H,61,70)/t34-,35-,36+,37-,40?,41?,42-,43+,44-,45-,47+,48-,50-/m1/s1. The van der Waals surface area contributed by atoms with Crippen LogP contribution in [0.25, 0.3) is 0 Å². The van der Waals surface area contributed by atoms with Gasteiger partial charge in [0.2, 0.25) is 35.4 Å². The minimum atomic E-state index is -1.75. The Bertz CT molecular complexity index is 2350. The van der Waals surface area contributed by atoms with E-state index in [2.05, 4.69) is 16.0 Å². The second kappa shape index (κ2) is 30.1. The van der Waals surface area contributed by atoms with Gasteiger partial charge in [-0.3, -0.25) is 43.2 Å². The number of benzene rings is 1. The number of likely N-dealkylation sites (N-methyl/N-ethyl adjacent to an activating group) is 2. The number of hydrogen-bond acceptors (Lipinski definition) is 15. The first kappa shape index (κ1) is 66.4. The average Bonchev–Trinajstić information content (AvgIpc) is 4.12. The van der Waals surface area contributed by atoms with E-state index in [0.29, 0.717) is 43.5 Å². The fourth-order valence-electron chi connectivity index (χ4n) is 10.6. The van der Waals surface area contributed by atoms with Crippen LogP contribution in [-0.2, 0) is 68.6 Å². The van der Waals surface area contributed by atoms with Crippen molar-refractivity contribution in [2.24, 2.45) is 29.6 Å². The second-order valence-electron chi connectivity index (χ2n) is 23.2. The lowest BCUT2D eigenvalue weighted by Crippen LogP contribution is -2.62. The Kier molecular flexibility index (Phi) is 24.9. The minimum absolute atomic E-state index is 0.0979. The number of nitrogens with zero attached hydrogens (tertiary/aromatic N) is 4. The summed E-state index contributed by atoms with van der Waals surface area (Å²) in [7, 11) is 5.74. The van der Waals surface area contributed by atoms with E-state index in [-0.39, 0.29) is 50.0 Å². The molecule has 22 heteroatoms. The summed E-state index contributed by atoms with van der Waals surface area (Å²) in [6, 6.07) is -2.00. The van der Waals surface area contributed by atoms with Crippen LogP contribution in [0.2, 0.25) is 0 Å². The van der Waals surface area contributed by atoms with Crippen LogP contribution >= 0.6 is 0 Å². The number of rotatable bonds is 16. The zero-order valence-corrected chi connectivity index (χ0v) is 49.8. The first-order valence-electron chi connectivity index (χ1n) is 28.4. The van der Waals surface area contributed by atoms with Crippen molar-refractivity contribution in [3.05, 3.63) is 29.8 Å². The highest BCUT2D eigenvalue weighted by Crippen LogP contribution is 2.27. The number of aliphatic hydroxyl groups is 1. The maximum Gasteiger partial charge on any atom is 0.329 e.